The van der Waals surface area contributed by atoms with Crippen LogP contribution in [-0.2, 0) is 4.79 Å². The van der Waals surface area contributed by atoms with E-state index in [2.05, 4.69) is 6.58 Å². The van der Waals surface area contributed by atoms with Gasteiger partial charge in [-0.3, -0.25) is 4.79 Å². The van der Waals surface area contributed by atoms with Crippen LogP contribution in [0.4, 0.5) is 0 Å². The lowest BCUT2D eigenvalue weighted by atomic mass is 10.1. The molecule has 0 aromatic carbocycles. The molecule has 0 heterocycles. The van der Waals surface area contributed by atoms with Crippen LogP contribution in [0.25, 0.3) is 0 Å². The van der Waals surface area contributed by atoms with E-state index >= 15 is 0 Å². The molecule has 0 aliphatic rings. The summed E-state index contributed by atoms with van der Waals surface area (Å²) in [6.07, 6.45) is 1.88. The van der Waals surface area contributed by atoms with Crippen LogP contribution in [0.2, 0.25) is 0 Å². The Morgan fingerprint density at radius 1 is 1.60 bits per heavy atom. The molecule has 0 aromatic rings. The number of nitrogens with two attached hydrogens (primary N) is 1. The summed E-state index contributed by atoms with van der Waals surface area (Å²) in [5.74, 6) is 0.203. The van der Waals surface area contributed by atoms with Crippen molar-refractivity contribution in [2.75, 3.05) is 6.54 Å². The molecule has 0 saturated carbocycles. The van der Waals surface area contributed by atoms with Crippen LogP contribution >= 0.6 is 0 Å². The predicted octanol–water partition coefficient (Wildman–Crippen LogP) is 1.26. The molecule has 58 valence electrons. The van der Waals surface area contributed by atoms with Crippen molar-refractivity contribution in [3.63, 3.8) is 0 Å². The average molecular weight is 141 g/mol. The zero-order valence-corrected chi connectivity index (χ0v) is 6.52. The summed E-state index contributed by atoms with van der Waals surface area (Å²) in [5, 5.41) is 0. The van der Waals surface area contributed by atoms with Crippen LogP contribution < -0.4 is 5.73 Å². The number of hydrogen-bond acceptors (Lipinski definition) is 2. The van der Waals surface area contributed by atoms with Crippen molar-refractivity contribution in [3.8, 4) is 0 Å². The van der Waals surface area contributed by atoms with Crippen LogP contribution in [-0.4, -0.2) is 12.3 Å². The standard InChI is InChI=1S/C8H15NO/c1-3-7(2)6-8(10)4-5-9/h2-6,9H2,1H3. The molecule has 0 aliphatic carbocycles. The Morgan fingerprint density at radius 3 is 2.60 bits per heavy atom. The third-order valence-electron chi connectivity index (χ3n) is 1.37. The Labute approximate surface area is 62.1 Å². The van der Waals surface area contributed by atoms with Crippen molar-refractivity contribution in [3.05, 3.63) is 12.2 Å². The van der Waals surface area contributed by atoms with Crippen molar-refractivity contribution in [2.45, 2.75) is 26.2 Å². The second-order valence-electron chi connectivity index (χ2n) is 2.36. The topological polar surface area (TPSA) is 43.1 Å². The average Bonchev–Trinajstić information content (AvgIpc) is 1.88. The van der Waals surface area contributed by atoms with Crippen LogP contribution in [0.15, 0.2) is 12.2 Å². The summed E-state index contributed by atoms with van der Waals surface area (Å²) in [7, 11) is 0. The molecule has 10 heavy (non-hydrogen) atoms. The number of ketones is 1. The highest BCUT2D eigenvalue weighted by molar-refractivity contribution is 5.80. The lowest BCUT2D eigenvalue weighted by Crippen LogP contribution is -2.07. The minimum atomic E-state index is 0.203. The fraction of sp³-hybridized carbons (Fsp3) is 0.625. The Hall–Kier alpha value is -0.630. The van der Waals surface area contributed by atoms with E-state index in [1.165, 1.54) is 0 Å². The molecule has 0 aliphatic heterocycles. The summed E-state index contributed by atoms with van der Waals surface area (Å²) >= 11 is 0. The van der Waals surface area contributed by atoms with Gasteiger partial charge in [0, 0.05) is 12.8 Å². The number of allylic oxidation sites excluding steroid dienone is 1. The SMILES string of the molecule is C=C(CC)CC(=O)CCN. The van der Waals surface area contributed by atoms with Crippen molar-refractivity contribution < 1.29 is 4.79 Å². The number of rotatable bonds is 5. The van der Waals surface area contributed by atoms with Crippen molar-refractivity contribution >= 4 is 5.78 Å². The maximum Gasteiger partial charge on any atom is 0.138 e. The first-order valence-corrected chi connectivity index (χ1v) is 3.59. The Bertz CT molecular complexity index is 129. The number of carbonyl (C=O) groups is 1. The van der Waals surface area contributed by atoms with Gasteiger partial charge in [-0.15, -0.1) is 0 Å². The van der Waals surface area contributed by atoms with E-state index in [0.29, 0.717) is 19.4 Å². The predicted molar refractivity (Wildman–Crippen MR) is 42.7 cm³/mol. The summed E-state index contributed by atoms with van der Waals surface area (Å²) in [6, 6.07) is 0. The highest BCUT2D eigenvalue weighted by atomic mass is 16.1. The molecule has 0 radical (unpaired) electrons. The summed E-state index contributed by atoms with van der Waals surface area (Å²) in [5.41, 5.74) is 6.19. The molecular weight excluding hydrogens is 126 g/mol. The van der Waals surface area contributed by atoms with E-state index in [9.17, 15) is 4.79 Å². The third kappa shape index (κ3) is 4.27. The van der Waals surface area contributed by atoms with E-state index < -0.39 is 0 Å². The fourth-order valence-corrected chi connectivity index (χ4v) is 0.653. The molecule has 0 unspecified atom stereocenters. The van der Waals surface area contributed by atoms with Gasteiger partial charge >= 0.3 is 0 Å². The molecule has 2 N–H and O–H groups in total. The molecule has 0 bridgehead atoms. The lowest BCUT2D eigenvalue weighted by Gasteiger charge is -1.98. The van der Waals surface area contributed by atoms with Gasteiger partial charge in [-0.25, -0.2) is 0 Å². The van der Waals surface area contributed by atoms with Crippen LogP contribution in [0, 0.1) is 0 Å². The zero-order valence-electron chi connectivity index (χ0n) is 6.52. The first-order valence-electron chi connectivity index (χ1n) is 3.59. The van der Waals surface area contributed by atoms with E-state index in [1.54, 1.807) is 0 Å². The molecule has 0 rings (SSSR count). The third-order valence-corrected chi connectivity index (χ3v) is 1.37. The fourth-order valence-electron chi connectivity index (χ4n) is 0.653. The minimum absolute atomic E-state index is 0.203. The summed E-state index contributed by atoms with van der Waals surface area (Å²) < 4.78 is 0. The van der Waals surface area contributed by atoms with Crippen LogP contribution in [0.1, 0.15) is 26.2 Å². The second kappa shape index (κ2) is 5.18. The molecule has 0 fully saturated rings. The van der Waals surface area contributed by atoms with Gasteiger partial charge in [0.05, 0.1) is 0 Å². The molecule has 2 nitrogen and oxygen atoms in total. The van der Waals surface area contributed by atoms with Crippen LogP contribution in [0.3, 0.4) is 0 Å². The van der Waals surface area contributed by atoms with Crippen molar-refractivity contribution in [2.24, 2.45) is 5.73 Å². The first kappa shape index (κ1) is 9.37. The first-order chi connectivity index (χ1) is 4.70. The van der Waals surface area contributed by atoms with Gasteiger partial charge < -0.3 is 5.73 Å². The maximum atomic E-state index is 10.9. The van der Waals surface area contributed by atoms with E-state index in [-0.39, 0.29) is 5.78 Å². The minimum Gasteiger partial charge on any atom is -0.330 e. The van der Waals surface area contributed by atoms with E-state index in [4.69, 9.17) is 5.73 Å². The largest absolute Gasteiger partial charge is 0.330 e. The molecule has 0 amide bonds. The molecule has 0 saturated heterocycles. The van der Waals surface area contributed by atoms with Crippen LogP contribution in [0.5, 0.6) is 0 Å². The number of carbonyl (C=O) groups excluding carboxylic acids is 1. The van der Waals surface area contributed by atoms with Gasteiger partial charge in [-0.05, 0) is 13.0 Å². The summed E-state index contributed by atoms with van der Waals surface area (Å²) in [6.45, 7) is 6.19. The van der Waals surface area contributed by atoms with Gasteiger partial charge in [-0.1, -0.05) is 19.1 Å². The maximum absolute atomic E-state index is 10.9. The molecule has 0 atom stereocenters. The second-order valence-corrected chi connectivity index (χ2v) is 2.36. The number of hydrogen-bond donors (Lipinski definition) is 1. The van der Waals surface area contributed by atoms with Gasteiger partial charge in [0.1, 0.15) is 5.78 Å². The normalized spacial score (nSPS) is 9.40. The molecule has 0 aromatic heterocycles. The highest BCUT2D eigenvalue weighted by Gasteiger charge is 2.00. The molecule has 0 spiro atoms. The van der Waals surface area contributed by atoms with Crippen molar-refractivity contribution in [1.29, 1.82) is 0 Å². The molecular formula is C8H15NO. The van der Waals surface area contributed by atoms with Gasteiger partial charge in [0.25, 0.3) is 0 Å². The summed E-state index contributed by atoms with van der Waals surface area (Å²) in [4.78, 5) is 10.9. The smallest absolute Gasteiger partial charge is 0.138 e. The Kier molecular flexibility index (Phi) is 4.85. The quantitative estimate of drug-likeness (QED) is 0.586. The molecule has 2 heteroatoms. The van der Waals surface area contributed by atoms with Gasteiger partial charge in [0.15, 0.2) is 0 Å². The van der Waals surface area contributed by atoms with Crippen molar-refractivity contribution in [1.82, 2.24) is 0 Å². The van der Waals surface area contributed by atoms with Gasteiger partial charge in [-0.2, -0.15) is 0 Å². The number of Topliss-reactive ketones (excluding diaryl/α,β-unsaturated/α-hetero) is 1. The van der Waals surface area contributed by atoms with E-state index in [1.807, 2.05) is 6.92 Å². The highest BCUT2D eigenvalue weighted by Crippen LogP contribution is 2.04. The lowest BCUT2D eigenvalue weighted by molar-refractivity contribution is -0.118. The zero-order chi connectivity index (χ0) is 7.98. The van der Waals surface area contributed by atoms with E-state index in [0.717, 1.165) is 12.0 Å². The van der Waals surface area contributed by atoms with Gasteiger partial charge in [0.2, 0.25) is 0 Å². The Morgan fingerprint density at radius 2 is 2.20 bits per heavy atom. The Balaban J connectivity index is 3.47. The monoisotopic (exact) mass is 141 g/mol.